The normalized spacial score (nSPS) is 10.6. The van der Waals surface area contributed by atoms with Crippen molar-refractivity contribution >= 4 is 48.1 Å². The molecular formula is C8H18CaO4S. The monoisotopic (exact) mass is 250 g/mol. The molecule has 0 aliphatic heterocycles. The minimum absolute atomic E-state index is 0. The van der Waals surface area contributed by atoms with Gasteiger partial charge in [-0.05, 0) is 6.42 Å². The molecule has 0 rings (SSSR count). The Balaban J connectivity index is -0.000000240. The second-order valence-electron chi connectivity index (χ2n) is 2.51. The van der Waals surface area contributed by atoms with E-state index in [1.165, 1.54) is 6.08 Å². The summed E-state index contributed by atoms with van der Waals surface area (Å²) in [5.74, 6) is 0. The van der Waals surface area contributed by atoms with Gasteiger partial charge in [0.05, 0.1) is 13.2 Å². The van der Waals surface area contributed by atoms with Crippen molar-refractivity contribution in [3.8, 4) is 0 Å². The van der Waals surface area contributed by atoms with Gasteiger partial charge in [0.2, 0.25) is 0 Å². The zero-order chi connectivity index (χ0) is 10.2. The first-order valence-electron chi connectivity index (χ1n) is 4.27. The van der Waals surface area contributed by atoms with Gasteiger partial charge in [0, 0.05) is 0 Å². The molecule has 0 bridgehead atoms. The van der Waals surface area contributed by atoms with E-state index in [2.05, 4.69) is 14.9 Å². The maximum atomic E-state index is 10.9. The van der Waals surface area contributed by atoms with E-state index < -0.39 is 10.4 Å². The molecule has 0 aromatic carbocycles. The molecule has 0 amide bonds. The van der Waals surface area contributed by atoms with Gasteiger partial charge in [-0.15, -0.1) is 6.58 Å². The molecule has 0 spiro atoms. The van der Waals surface area contributed by atoms with E-state index >= 15 is 0 Å². The summed E-state index contributed by atoms with van der Waals surface area (Å²) in [6.07, 6.45) is 4.06. The Kier molecular flexibility index (Phi) is 12.8. The molecule has 0 heterocycles. The molecule has 0 aliphatic carbocycles. The molecule has 4 nitrogen and oxygen atoms in total. The Bertz CT molecular complexity index is 234. The van der Waals surface area contributed by atoms with Crippen LogP contribution in [0.15, 0.2) is 12.7 Å². The Morgan fingerprint density at radius 1 is 1.36 bits per heavy atom. The van der Waals surface area contributed by atoms with Crippen LogP contribution in [0.3, 0.4) is 0 Å². The van der Waals surface area contributed by atoms with E-state index in [0.29, 0.717) is 0 Å². The van der Waals surface area contributed by atoms with Crippen LogP contribution in [0.1, 0.15) is 29.0 Å². The van der Waals surface area contributed by atoms with Gasteiger partial charge in [-0.2, -0.15) is 8.42 Å². The van der Waals surface area contributed by atoms with Gasteiger partial charge in [-0.3, -0.25) is 0 Å². The fourth-order valence-corrected chi connectivity index (χ4v) is 1.33. The van der Waals surface area contributed by atoms with E-state index in [0.717, 1.165) is 19.3 Å². The van der Waals surface area contributed by atoms with Crippen LogP contribution in [0, 0.1) is 0 Å². The SMILES string of the molecule is C=CCOS(=O)(=O)OCCCCC.[Ca+2].[H-].[H-]. The van der Waals surface area contributed by atoms with Gasteiger partial charge in [0.25, 0.3) is 0 Å². The third kappa shape index (κ3) is 10.9. The Hall–Kier alpha value is 0.870. The van der Waals surface area contributed by atoms with E-state index in [9.17, 15) is 8.42 Å². The summed E-state index contributed by atoms with van der Waals surface area (Å²) in [5, 5.41) is 0. The maximum Gasteiger partial charge on any atom is 2.00 e. The standard InChI is InChI=1S/C8H16O4S.Ca.2H/c1-3-5-6-8-12-13(9,10)11-7-4-2;;;/h4H,2-3,5-8H2,1H3;;;/q;+2;2*-1. The molecule has 0 saturated heterocycles. The Morgan fingerprint density at radius 3 is 2.50 bits per heavy atom. The first-order valence-corrected chi connectivity index (χ1v) is 5.60. The summed E-state index contributed by atoms with van der Waals surface area (Å²) in [7, 11) is -3.80. The van der Waals surface area contributed by atoms with Gasteiger partial charge >= 0.3 is 48.1 Å². The molecule has 0 aromatic rings. The van der Waals surface area contributed by atoms with Crippen molar-refractivity contribution in [1.29, 1.82) is 0 Å². The summed E-state index contributed by atoms with van der Waals surface area (Å²) < 4.78 is 30.6. The summed E-state index contributed by atoms with van der Waals surface area (Å²) in [5.41, 5.74) is 0. The summed E-state index contributed by atoms with van der Waals surface area (Å²) in [6.45, 7) is 5.50. The van der Waals surface area contributed by atoms with E-state index in [-0.39, 0.29) is 53.8 Å². The Labute approximate surface area is 119 Å². The van der Waals surface area contributed by atoms with Crippen LogP contribution in [0.2, 0.25) is 0 Å². The molecular weight excluding hydrogens is 232 g/mol. The predicted molar refractivity (Wildman–Crippen MR) is 58.5 cm³/mol. The van der Waals surface area contributed by atoms with Crippen molar-refractivity contribution in [2.24, 2.45) is 0 Å². The van der Waals surface area contributed by atoms with Crippen LogP contribution in [-0.4, -0.2) is 59.4 Å². The minimum Gasteiger partial charge on any atom is -1.00 e. The van der Waals surface area contributed by atoms with Gasteiger partial charge in [-0.25, -0.2) is 8.37 Å². The van der Waals surface area contributed by atoms with Crippen molar-refractivity contribution in [3.05, 3.63) is 12.7 Å². The molecule has 14 heavy (non-hydrogen) atoms. The zero-order valence-corrected chi connectivity index (χ0v) is 11.6. The number of rotatable bonds is 8. The molecule has 6 heteroatoms. The molecule has 0 fully saturated rings. The Morgan fingerprint density at radius 2 is 2.00 bits per heavy atom. The van der Waals surface area contributed by atoms with Crippen LogP contribution in [0.5, 0.6) is 0 Å². The minimum atomic E-state index is -3.80. The van der Waals surface area contributed by atoms with Gasteiger partial charge < -0.3 is 2.85 Å². The molecule has 0 aromatic heterocycles. The third-order valence-electron chi connectivity index (χ3n) is 1.31. The van der Waals surface area contributed by atoms with Gasteiger partial charge in [0.15, 0.2) is 0 Å². The topological polar surface area (TPSA) is 52.6 Å². The molecule has 0 N–H and O–H groups in total. The largest absolute Gasteiger partial charge is 2.00 e. The van der Waals surface area contributed by atoms with Crippen LogP contribution in [-0.2, 0) is 18.8 Å². The van der Waals surface area contributed by atoms with Crippen molar-refractivity contribution in [2.45, 2.75) is 26.2 Å². The number of unbranched alkanes of at least 4 members (excludes halogenated alkanes) is 2. The smallest absolute Gasteiger partial charge is 1.00 e. The molecule has 0 saturated carbocycles. The maximum absolute atomic E-state index is 10.9. The average molecular weight is 250 g/mol. The number of hydrogen-bond acceptors (Lipinski definition) is 4. The fourth-order valence-electron chi connectivity index (χ4n) is 0.679. The number of hydrogen-bond donors (Lipinski definition) is 0. The van der Waals surface area contributed by atoms with Crippen molar-refractivity contribution in [3.63, 3.8) is 0 Å². The van der Waals surface area contributed by atoms with Crippen LogP contribution >= 0.6 is 0 Å². The quantitative estimate of drug-likeness (QED) is 0.372. The van der Waals surface area contributed by atoms with Crippen LogP contribution in [0.25, 0.3) is 0 Å². The fraction of sp³-hybridized carbons (Fsp3) is 0.750. The summed E-state index contributed by atoms with van der Waals surface area (Å²) in [4.78, 5) is 0. The zero-order valence-electron chi connectivity index (χ0n) is 10.6. The van der Waals surface area contributed by atoms with Crippen LogP contribution < -0.4 is 0 Å². The van der Waals surface area contributed by atoms with Crippen molar-refractivity contribution in [1.82, 2.24) is 0 Å². The molecule has 0 unspecified atom stereocenters. The first-order chi connectivity index (χ1) is 6.12. The predicted octanol–water partition coefficient (Wildman–Crippen LogP) is 1.48. The molecule has 82 valence electrons. The molecule has 0 aliphatic rings. The average Bonchev–Trinajstić information content (AvgIpc) is 2.09. The van der Waals surface area contributed by atoms with Crippen molar-refractivity contribution in [2.75, 3.05) is 13.2 Å². The molecule has 0 atom stereocenters. The summed E-state index contributed by atoms with van der Waals surface area (Å²) >= 11 is 0. The third-order valence-corrected chi connectivity index (χ3v) is 2.19. The van der Waals surface area contributed by atoms with Gasteiger partial charge in [0.1, 0.15) is 0 Å². The second-order valence-corrected chi connectivity index (χ2v) is 3.80. The van der Waals surface area contributed by atoms with E-state index in [1.54, 1.807) is 0 Å². The van der Waals surface area contributed by atoms with E-state index in [4.69, 9.17) is 0 Å². The van der Waals surface area contributed by atoms with Gasteiger partial charge in [-0.1, -0.05) is 25.8 Å². The van der Waals surface area contributed by atoms with E-state index in [1.807, 2.05) is 6.92 Å². The van der Waals surface area contributed by atoms with Crippen molar-refractivity contribution < 1.29 is 19.6 Å². The summed E-state index contributed by atoms with van der Waals surface area (Å²) in [6, 6.07) is 0. The second kappa shape index (κ2) is 10.4. The molecule has 0 radical (unpaired) electrons. The first kappa shape index (κ1) is 17.3. The van der Waals surface area contributed by atoms with Crippen LogP contribution in [0.4, 0.5) is 0 Å².